The van der Waals surface area contributed by atoms with E-state index in [1.807, 2.05) is 42.6 Å². The third kappa shape index (κ3) is 2.68. The standard InChI is InChI=1S/C14H11Cl2N3S/c15-10-4-2-1-3-9(10)7-19-8-11(17)14(18-19)12-5-6-13(16)20-12/h1-6,8H,7,17H2. The fraction of sp³-hybridized carbons (Fsp3) is 0.0714. The van der Waals surface area contributed by atoms with Crippen LogP contribution >= 0.6 is 34.5 Å². The molecule has 0 fully saturated rings. The molecule has 2 heterocycles. The molecule has 6 heteroatoms. The van der Waals surface area contributed by atoms with E-state index in [2.05, 4.69) is 5.10 Å². The second kappa shape index (κ2) is 5.48. The molecule has 3 aromatic rings. The molecule has 0 radical (unpaired) electrons. The molecule has 0 unspecified atom stereocenters. The van der Waals surface area contributed by atoms with Crippen molar-refractivity contribution in [3.8, 4) is 10.6 Å². The van der Waals surface area contributed by atoms with Gasteiger partial charge in [0.2, 0.25) is 0 Å². The normalized spacial score (nSPS) is 10.9. The third-order valence-corrected chi connectivity index (χ3v) is 4.49. The quantitative estimate of drug-likeness (QED) is 0.768. The lowest BCUT2D eigenvalue weighted by Crippen LogP contribution is -2.00. The maximum atomic E-state index is 6.15. The van der Waals surface area contributed by atoms with Gasteiger partial charge in [0.25, 0.3) is 0 Å². The number of rotatable bonds is 3. The summed E-state index contributed by atoms with van der Waals surface area (Å²) in [5.74, 6) is 0. The molecule has 1 aromatic carbocycles. The number of nitrogen functional groups attached to an aromatic ring is 1. The Morgan fingerprint density at radius 2 is 1.95 bits per heavy atom. The number of thiophene rings is 1. The molecule has 2 N–H and O–H groups in total. The van der Waals surface area contributed by atoms with Gasteiger partial charge in [-0.3, -0.25) is 4.68 Å². The lowest BCUT2D eigenvalue weighted by Gasteiger charge is -2.03. The highest BCUT2D eigenvalue weighted by atomic mass is 35.5. The Kier molecular flexibility index (Phi) is 3.70. The number of nitrogens with two attached hydrogens (primary N) is 1. The van der Waals surface area contributed by atoms with Crippen LogP contribution in [-0.2, 0) is 6.54 Å². The van der Waals surface area contributed by atoms with Crippen LogP contribution in [0.25, 0.3) is 10.6 Å². The zero-order valence-corrected chi connectivity index (χ0v) is 12.7. The highest BCUT2D eigenvalue weighted by molar-refractivity contribution is 7.19. The van der Waals surface area contributed by atoms with Crippen LogP contribution in [0.1, 0.15) is 5.56 Å². The first-order valence-electron chi connectivity index (χ1n) is 5.95. The number of hydrogen-bond donors (Lipinski definition) is 1. The first kappa shape index (κ1) is 13.5. The van der Waals surface area contributed by atoms with Crippen LogP contribution in [0.2, 0.25) is 9.36 Å². The van der Waals surface area contributed by atoms with E-state index in [4.69, 9.17) is 28.9 Å². The molecule has 0 saturated heterocycles. The first-order valence-corrected chi connectivity index (χ1v) is 7.53. The van der Waals surface area contributed by atoms with Crippen molar-refractivity contribution < 1.29 is 0 Å². The zero-order valence-electron chi connectivity index (χ0n) is 10.4. The molecule has 0 aliphatic rings. The number of hydrogen-bond acceptors (Lipinski definition) is 3. The van der Waals surface area contributed by atoms with Gasteiger partial charge in [-0.1, -0.05) is 41.4 Å². The van der Waals surface area contributed by atoms with Crippen molar-refractivity contribution in [2.75, 3.05) is 5.73 Å². The molecule has 0 aliphatic heterocycles. The van der Waals surface area contributed by atoms with Crippen LogP contribution in [-0.4, -0.2) is 9.78 Å². The van der Waals surface area contributed by atoms with Crippen molar-refractivity contribution in [3.63, 3.8) is 0 Å². The van der Waals surface area contributed by atoms with Crippen LogP contribution < -0.4 is 5.73 Å². The van der Waals surface area contributed by atoms with E-state index < -0.39 is 0 Å². The number of halogens is 2. The predicted molar refractivity (Wildman–Crippen MR) is 85.5 cm³/mol. The van der Waals surface area contributed by atoms with Crippen LogP contribution in [0, 0.1) is 0 Å². The van der Waals surface area contributed by atoms with Gasteiger partial charge < -0.3 is 5.73 Å². The van der Waals surface area contributed by atoms with E-state index in [1.54, 1.807) is 4.68 Å². The van der Waals surface area contributed by atoms with Crippen molar-refractivity contribution in [2.45, 2.75) is 6.54 Å². The van der Waals surface area contributed by atoms with Crippen LogP contribution in [0.4, 0.5) is 5.69 Å². The van der Waals surface area contributed by atoms with Crippen LogP contribution in [0.3, 0.4) is 0 Å². The molecule has 0 amide bonds. The number of aromatic nitrogens is 2. The monoisotopic (exact) mass is 323 g/mol. The van der Waals surface area contributed by atoms with Gasteiger partial charge in [-0.15, -0.1) is 11.3 Å². The van der Waals surface area contributed by atoms with Crippen molar-refractivity contribution in [3.05, 3.63) is 57.5 Å². The fourth-order valence-corrected chi connectivity index (χ4v) is 3.20. The molecular formula is C14H11Cl2N3S. The Bertz CT molecular complexity index is 748. The molecule has 3 rings (SSSR count). The van der Waals surface area contributed by atoms with E-state index in [9.17, 15) is 0 Å². The van der Waals surface area contributed by atoms with E-state index in [1.165, 1.54) is 11.3 Å². The molecule has 3 nitrogen and oxygen atoms in total. The molecule has 2 aromatic heterocycles. The van der Waals surface area contributed by atoms with E-state index >= 15 is 0 Å². The lowest BCUT2D eigenvalue weighted by atomic mass is 10.2. The minimum absolute atomic E-state index is 0.586. The largest absolute Gasteiger partial charge is 0.396 e. The Labute approximate surface area is 130 Å². The maximum absolute atomic E-state index is 6.15. The summed E-state index contributed by atoms with van der Waals surface area (Å²) < 4.78 is 2.51. The first-order chi connectivity index (χ1) is 9.63. The molecule has 0 spiro atoms. The number of nitrogens with zero attached hydrogens (tertiary/aromatic N) is 2. The molecule has 0 saturated carbocycles. The van der Waals surface area contributed by atoms with Gasteiger partial charge in [0.15, 0.2) is 0 Å². The lowest BCUT2D eigenvalue weighted by molar-refractivity contribution is 0.690. The SMILES string of the molecule is Nc1cn(Cc2ccccc2Cl)nc1-c1ccc(Cl)s1. The average Bonchev–Trinajstić information content (AvgIpc) is 2.98. The third-order valence-electron chi connectivity index (χ3n) is 2.89. The molecular weight excluding hydrogens is 313 g/mol. The topological polar surface area (TPSA) is 43.8 Å². The van der Waals surface area contributed by atoms with Gasteiger partial charge in [0, 0.05) is 11.2 Å². The van der Waals surface area contributed by atoms with Crippen molar-refractivity contribution in [1.82, 2.24) is 9.78 Å². The number of anilines is 1. The van der Waals surface area contributed by atoms with E-state index in [0.29, 0.717) is 12.2 Å². The van der Waals surface area contributed by atoms with Gasteiger partial charge in [0.05, 0.1) is 21.4 Å². The molecule has 0 atom stereocenters. The summed E-state index contributed by atoms with van der Waals surface area (Å²) in [7, 11) is 0. The molecule has 20 heavy (non-hydrogen) atoms. The second-order valence-electron chi connectivity index (χ2n) is 4.33. The second-order valence-corrected chi connectivity index (χ2v) is 6.45. The fourth-order valence-electron chi connectivity index (χ4n) is 1.95. The van der Waals surface area contributed by atoms with Gasteiger partial charge in [0.1, 0.15) is 5.69 Å². The van der Waals surface area contributed by atoms with Gasteiger partial charge in [-0.2, -0.15) is 5.10 Å². The summed E-state index contributed by atoms with van der Waals surface area (Å²) in [6.07, 6.45) is 1.81. The van der Waals surface area contributed by atoms with Gasteiger partial charge in [-0.05, 0) is 23.8 Å². The van der Waals surface area contributed by atoms with Crippen molar-refractivity contribution in [2.24, 2.45) is 0 Å². The van der Waals surface area contributed by atoms with E-state index in [-0.39, 0.29) is 0 Å². The van der Waals surface area contributed by atoms with Crippen LogP contribution in [0.5, 0.6) is 0 Å². The maximum Gasteiger partial charge on any atom is 0.125 e. The van der Waals surface area contributed by atoms with Gasteiger partial charge in [-0.25, -0.2) is 0 Å². The van der Waals surface area contributed by atoms with Crippen LogP contribution in [0.15, 0.2) is 42.6 Å². The molecule has 102 valence electrons. The smallest absolute Gasteiger partial charge is 0.125 e. The summed E-state index contributed by atoms with van der Waals surface area (Å²) in [4.78, 5) is 0.963. The summed E-state index contributed by atoms with van der Waals surface area (Å²) in [5, 5.41) is 5.24. The summed E-state index contributed by atoms with van der Waals surface area (Å²) >= 11 is 13.6. The van der Waals surface area contributed by atoms with Crippen molar-refractivity contribution in [1.29, 1.82) is 0 Å². The summed E-state index contributed by atoms with van der Waals surface area (Å²) in [5.41, 5.74) is 8.42. The molecule has 0 bridgehead atoms. The Morgan fingerprint density at radius 3 is 2.65 bits per heavy atom. The zero-order chi connectivity index (χ0) is 14.1. The number of benzene rings is 1. The van der Waals surface area contributed by atoms with Crippen molar-refractivity contribution >= 4 is 40.2 Å². The Morgan fingerprint density at radius 1 is 1.15 bits per heavy atom. The highest BCUT2D eigenvalue weighted by Crippen LogP contribution is 2.33. The van der Waals surface area contributed by atoms with Gasteiger partial charge >= 0.3 is 0 Å². The van der Waals surface area contributed by atoms with E-state index in [0.717, 1.165) is 25.5 Å². The Balaban J connectivity index is 1.91. The summed E-state index contributed by atoms with van der Waals surface area (Å²) in [6, 6.07) is 11.5. The summed E-state index contributed by atoms with van der Waals surface area (Å²) in [6.45, 7) is 0.586. The molecule has 0 aliphatic carbocycles. The highest BCUT2D eigenvalue weighted by Gasteiger charge is 2.11. The Hall–Kier alpha value is -1.49. The predicted octanol–water partition coefficient (Wildman–Crippen LogP) is 4.55. The minimum atomic E-state index is 0.586. The average molecular weight is 324 g/mol. The minimum Gasteiger partial charge on any atom is -0.396 e.